The number of carbonyl (C=O) groups excluding carboxylic acids is 2. The Morgan fingerprint density at radius 3 is 2.49 bits per heavy atom. The number of furan rings is 1. The number of amides is 1. The Morgan fingerprint density at radius 1 is 1.00 bits per heavy atom. The van der Waals surface area contributed by atoms with E-state index in [1.165, 1.54) is 4.90 Å². The largest absolute Gasteiger partial charge is 0.503 e. The summed E-state index contributed by atoms with van der Waals surface area (Å²) in [5.41, 5.74) is 5.54. The topological polar surface area (TPSA) is 86.5 Å². The number of hydrogen-bond acceptors (Lipinski definition) is 4. The molecule has 7 heteroatoms. The fourth-order valence-electron chi connectivity index (χ4n) is 5.38. The molecule has 184 valence electrons. The molecule has 2 aromatic heterocycles. The number of aromatic nitrogens is 1. The summed E-state index contributed by atoms with van der Waals surface area (Å²) in [5.74, 6) is -1.66. The summed E-state index contributed by atoms with van der Waals surface area (Å²) in [6.45, 7) is 5.82. The quantitative estimate of drug-likeness (QED) is 0.227. The van der Waals surface area contributed by atoms with Crippen molar-refractivity contribution in [2.75, 3.05) is 4.90 Å². The lowest BCUT2D eigenvalue weighted by molar-refractivity contribution is -0.117. The second kappa shape index (κ2) is 8.49. The smallest absolute Gasteiger partial charge is 0.294 e. The van der Waals surface area contributed by atoms with Crippen molar-refractivity contribution in [3.05, 3.63) is 111 Å². The highest BCUT2D eigenvalue weighted by molar-refractivity contribution is 9.10. The van der Waals surface area contributed by atoms with E-state index in [0.717, 1.165) is 43.1 Å². The molecule has 0 spiro atoms. The number of aromatic amines is 1. The van der Waals surface area contributed by atoms with Gasteiger partial charge in [0.1, 0.15) is 5.58 Å². The predicted octanol–water partition coefficient (Wildman–Crippen LogP) is 7.38. The lowest BCUT2D eigenvalue weighted by atomic mass is 9.92. The first-order valence-corrected chi connectivity index (χ1v) is 12.7. The molecule has 1 amide bonds. The van der Waals surface area contributed by atoms with E-state index in [0.29, 0.717) is 11.3 Å². The maximum absolute atomic E-state index is 14.0. The van der Waals surface area contributed by atoms with Gasteiger partial charge in [-0.2, -0.15) is 0 Å². The number of H-pyrrole nitrogens is 1. The highest BCUT2D eigenvalue weighted by atomic mass is 79.9. The van der Waals surface area contributed by atoms with Crippen molar-refractivity contribution in [2.24, 2.45) is 0 Å². The number of rotatable bonds is 4. The summed E-state index contributed by atoms with van der Waals surface area (Å²) in [4.78, 5) is 32.6. The molecular weight excluding hydrogens is 532 g/mol. The first-order valence-electron chi connectivity index (χ1n) is 11.9. The average molecular weight is 555 g/mol. The number of para-hydroxylation sites is 1. The van der Waals surface area contributed by atoms with Gasteiger partial charge >= 0.3 is 0 Å². The molecule has 1 atom stereocenters. The van der Waals surface area contributed by atoms with Crippen LogP contribution in [0, 0.1) is 20.8 Å². The molecule has 0 fully saturated rings. The summed E-state index contributed by atoms with van der Waals surface area (Å²) in [5, 5.41) is 12.8. The van der Waals surface area contributed by atoms with Gasteiger partial charge in [0, 0.05) is 37.7 Å². The lowest BCUT2D eigenvalue weighted by Gasteiger charge is -2.27. The van der Waals surface area contributed by atoms with Crippen LogP contribution in [0.3, 0.4) is 0 Å². The zero-order valence-electron chi connectivity index (χ0n) is 20.4. The number of halogens is 1. The van der Waals surface area contributed by atoms with Crippen molar-refractivity contribution < 1.29 is 19.1 Å². The fraction of sp³-hybridized carbons (Fsp3) is 0.133. The first kappa shape index (κ1) is 23.3. The van der Waals surface area contributed by atoms with Crippen LogP contribution in [-0.4, -0.2) is 21.8 Å². The van der Waals surface area contributed by atoms with E-state index in [1.54, 1.807) is 12.1 Å². The summed E-state index contributed by atoms with van der Waals surface area (Å²) < 4.78 is 6.74. The molecule has 0 bridgehead atoms. The molecule has 6 rings (SSSR count). The maximum Gasteiger partial charge on any atom is 0.294 e. The van der Waals surface area contributed by atoms with E-state index in [-0.39, 0.29) is 11.3 Å². The van der Waals surface area contributed by atoms with Crippen molar-refractivity contribution in [2.45, 2.75) is 26.8 Å². The van der Waals surface area contributed by atoms with E-state index >= 15 is 0 Å². The van der Waals surface area contributed by atoms with Gasteiger partial charge in [0.15, 0.2) is 11.5 Å². The number of fused-ring (bicyclic) bond motifs is 2. The van der Waals surface area contributed by atoms with E-state index in [4.69, 9.17) is 4.42 Å². The van der Waals surface area contributed by atoms with Gasteiger partial charge in [0.2, 0.25) is 5.78 Å². The number of aliphatic hydroxyl groups excluding tert-OH is 1. The third-order valence-corrected chi connectivity index (χ3v) is 7.35. The maximum atomic E-state index is 14.0. The molecule has 3 aromatic carbocycles. The van der Waals surface area contributed by atoms with Gasteiger partial charge in [0.25, 0.3) is 5.91 Å². The van der Waals surface area contributed by atoms with E-state index in [9.17, 15) is 14.7 Å². The Labute approximate surface area is 221 Å². The SMILES string of the molecule is Cc1cc(C)cc(N2C(=O)C(O)=C(C(=O)c3cc4cc(Br)ccc4o3)C2c2c(C)[nH]c3ccccc23)c1. The Hall–Kier alpha value is -4.10. The lowest BCUT2D eigenvalue weighted by Crippen LogP contribution is -2.31. The van der Waals surface area contributed by atoms with E-state index in [1.807, 2.05) is 75.4 Å². The number of aryl methyl sites for hydroxylation is 3. The van der Waals surface area contributed by atoms with Crippen LogP contribution in [0.25, 0.3) is 21.9 Å². The van der Waals surface area contributed by atoms with Crippen LogP contribution >= 0.6 is 15.9 Å². The van der Waals surface area contributed by atoms with Gasteiger partial charge < -0.3 is 14.5 Å². The molecule has 37 heavy (non-hydrogen) atoms. The Morgan fingerprint density at radius 2 is 1.73 bits per heavy atom. The van der Waals surface area contributed by atoms with Gasteiger partial charge in [-0.1, -0.05) is 40.2 Å². The average Bonchev–Trinajstić information content (AvgIpc) is 3.49. The number of anilines is 1. The Balaban J connectivity index is 1.59. The van der Waals surface area contributed by atoms with Gasteiger partial charge in [-0.3, -0.25) is 14.5 Å². The standard InChI is InChI=1S/C30H23BrN2O4/c1-15-10-16(2)12-20(11-15)33-27(25-17(3)32-22-7-5-4-6-21(22)25)26(29(35)30(33)36)28(34)24-14-18-13-19(31)8-9-23(18)37-24/h4-14,27,32,35H,1-3H3. The molecule has 6 nitrogen and oxygen atoms in total. The zero-order chi connectivity index (χ0) is 26.0. The molecule has 2 N–H and O–H groups in total. The highest BCUT2D eigenvalue weighted by Gasteiger charge is 2.47. The summed E-state index contributed by atoms with van der Waals surface area (Å²) in [6, 6.07) is 19.8. The summed E-state index contributed by atoms with van der Waals surface area (Å²) in [7, 11) is 0. The van der Waals surface area contributed by atoms with Gasteiger partial charge in [0.05, 0.1) is 11.6 Å². The molecule has 3 heterocycles. The number of aliphatic hydroxyl groups is 1. The minimum atomic E-state index is -0.850. The third kappa shape index (κ3) is 3.69. The van der Waals surface area contributed by atoms with Crippen molar-refractivity contribution in [3.63, 3.8) is 0 Å². The van der Waals surface area contributed by atoms with Gasteiger partial charge in [-0.05, 0) is 74.4 Å². The molecular formula is C30H23BrN2O4. The van der Waals surface area contributed by atoms with Crippen molar-refractivity contribution in [3.8, 4) is 0 Å². The molecule has 0 aliphatic carbocycles. The number of nitrogens with one attached hydrogen (secondary N) is 1. The number of nitrogens with zero attached hydrogens (tertiary/aromatic N) is 1. The molecule has 0 saturated heterocycles. The van der Waals surface area contributed by atoms with Gasteiger partial charge in [-0.15, -0.1) is 0 Å². The number of carbonyl (C=O) groups is 2. The minimum Gasteiger partial charge on any atom is -0.503 e. The van der Waals surface area contributed by atoms with Crippen LogP contribution in [0.5, 0.6) is 0 Å². The van der Waals surface area contributed by atoms with E-state index < -0.39 is 23.5 Å². The zero-order valence-corrected chi connectivity index (χ0v) is 22.0. The molecule has 0 saturated carbocycles. The Bertz CT molecular complexity index is 1770. The van der Waals surface area contributed by atoms with Crippen molar-refractivity contribution in [1.82, 2.24) is 4.98 Å². The summed E-state index contributed by atoms with van der Waals surface area (Å²) in [6.07, 6.45) is 0. The third-order valence-electron chi connectivity index (χ3n) is 6.86. The van der Waals surface area contributed by atoms with Crippen molar-refractivity contribution in [1.29, 1.82) is 0 Å². The second-order valence-corrected chi connectivity index (χ2v) is 10.4. The van der Waals surface area contributed by atoms with Crippen LogP contribution in [-0.2, 0) is 4.79 Å². The van der Waals surface area contributed by atoms with Gasteiger partial charge in [-0.25, -0.2) is 0 Å². The molecule has 1 aliphatic rings. The number of hydrogen-bond donors (Lipinski definition) is 2. The first-order chi connectivity index (χ1) is 17.7. The fourth-order valence-corrected chi connectivity index (χ4v) is 5.75. The van der Waals surface area contributed by atoms with Crippen LogP contribution in [0.1, 0.15) is 39.0 Å². The van der Waals surface area contributed by atoms with Crippen LogP contribution in [0.4, 0.5) is 5.69 Å². The number of Topliss-reactive ketones (excluding diaryl/α,β-unsaturated/α-hetero) is 1. The predicted molar refractivity (Wildman–Crippen MR) is 147 cm³/mol. The Kier molecular flexibility index (Phi) is 5.35. The number of benzene rings is 3. The number of ketones is 1. The molecule has 1 aliphatic heterocycles. The monoisotopic (exact) mass is 554 g/mol. The van der Waals surface area contributed by atoms with Crippen LogP contribution in [0.15, 0.2) is 87.0 Å². The second-order valence-electron chi connectivity index (χ2n) is 9.52. The molecule has 0 radical (unpaired) electrons. The minimum absolute atomic E-state index is 0.00451. The highest BCUT2D eigenvalue weighted by Crippen LogP contribution is 2.46. The molecule has 5 aromatic rings. The summed E-state index contributed by atoms with van der Waals surface area (Å²) >= 11 is 3.44. The van der Waals surface area contributed by atoms with Crippen LogP contribution < -0.4 is 4.90 Å². The van der Waals surface area contributed by atoms with Crippen LogP contribution in [0.2, 0.25) is 0 Å². The molecule has 1 unspecified atom stereocenters. The normalized spacial score (nSPS) is 15.9. The van der Waals surface area contributed by atoms with E-state index in [2.05, 4.69) is 20.9 Å². The van der Waals surface area contributed by atoms with Crippen molar-refractivity contribution >= 4 is 55.2 Å².